The maximum absolute atomic E-state index is 12.9. The first-order valence-corrected chi connectivity index (χ1v) is 10.5. The monoisotopic (exact) mass is 410 g/mol. The summed E-state index contributed by atoms with van der Waals surface area (Å²) in [6.07, 6.45) is 1.08. The van der Waals surface area contributed by atoms with Crippen LogP contribution < -0.4 is 9.04 Å². The van der Waals surface area contributed by atoms with Crippen molar-refractivity contribution in [2.75, 3.05) is 24.7 Å². The minimum Gasteiger partial charge on any atom is -0.497 e. The molecule has 1 amide bonds. The molecule has 0 spiro atoms. The molecule has 0 fully saturated rings. The number of likely N-dealkylation sites (N-methyl/N-ethyl adjacent to an activating group) is 1. The third kappa shape index (κ3) is 5.37. The molecule has 1 atom stereocenters. The van der Waals surface area contributed by atoms with Gasteiger partial charge in [0.1, 0.15) is 11.8 Å². The van der Waals surface area contributed by atoms with E-state index in [1.807, 2.05) is 24.3 Å². The molecule has 0 aliphatic carbocycles. The zero-order valence-corrected chi connectivity index (χ0v) is 17.3. The van der Waals surface area contributed by atoms with Gasteiger partial charge in [-0.15, -0.1) is 0 Å². The molecule has 2 rings (SSSR count). The summed E-state index contributed by atoms with van der Waals surface area (Å²) in [6.45, 7) is 1.92. The average Bonchev–Trinajstić information content (AvgIpc) is 2.62. The fraction of sp³-hybridized carbons (Fsp3) is 0.316. The number of nitrogens with zero attached hydrogens (tertiary/aromatic N) is 2. The summed E-state index contributed by atoms with van der Waals surface area (Å²) in [5, 5.41) is 0.489. The smallest absolute Gasteiger partial charge is 0.246 e. The van der Waals surface area contributed by atoms with Gasteiger partial charge in [0.25, 0.3) is 0 Å². The molecule has 27 heavy (non-hydrogen) atoms. The lowest BCUT2D eigenvalue weighted by atomic mass is 10.2. The van der Waals surface area contributed by atoms with Gasteiger partial charge in [-0.1, -0.05) is 23.7 Å². The SMILES string of the molecule is COc1ccc(CN(C)C(=O)C(C)N(c2ccc(Cl)cc2)S(C)(=O)=O)cc1. The Kier molecular flexibility index (Phi) is 6.73. The van der Waals surface area contributed by atoms with Crippen LogP contribution in [0.15, 0.2) is 48.5 Å². The quantitative estimate of drug-likeness (QED) is 0.703. The minimum absolute atomic E-state index is 0.314. The van der Waals surface area contributed by atoms with Crippen LogP contribution in [-0.4, -0.2) is 45.7 Å². The van der Waals surface area contributed by atoms with E-state index >= 15 is 0 Å². The zero-order chi connectivity index (χ0) is 20.2. The Hall–Kier alpha value is -2.25. The molecule has 0 aliphatic rings. The van der Waals surface area contributed by atoms with Crippen LogP contribution in [0.1, 0.15) is 12.5 Å². The van der Waals surface area contributed by atoms with E-state index in [4.69, 9.17) is 16.3 Å². The van der Waals surface area contributed by atoms with Crippen molar-refractivity contribution < 1.29 is 17.9 Å². The van der Waals surface area contributed by atoms with Crippen LogP contribution >= 0.6 is 11.6 Å². The van der Waals surface area contributed by atoms with Gasteiger partial charge >= 0.3 is 0 Å². The Morgan fingerprint density at radius 3 is 2.15 bits per heavy atom. The van der Waals surface area contributed by atoms with Crippen molar-refractivity contribution in [3.05, 3.63) is 59.1 Å². The molecule has 0 bridgehead atoms. The van der Waals surface area contributed by atoms with Gasteiger partial charge in [0.05, 0.1) is 19.1 Å². The Morgan fingerprint density at radius 2 is 1.67 bits per heavy atom. The van der Waals surface area contributed by atoms with Crippen LogP contribution in [0.3, 0.4) is 0 Å². The largest absolute Gasteiger partial charge is 0.497 e. The van der Waals surface area contributed by atoms with Crippen LogP contribution in [0.2, 0.25) is 5.02 Å². The van der Waals surface area contributed by atoms with Crippen molar-refractivity contribution >= 4 is 33.2 Å². The van der Waals surface area contributed by atoms with E-state index in [1.165, 1.54) is 4.90 Å². The summed E-state index contributed by atoms with van der Waals surface area (Å²) in [7, 11) is -0.434. The van der Waals surface area contributed by atoms with Gasteiger partial charge in [-0.3, -0.25) is 9.10 Å². The number of hydrogen-bond donors (Lipinski definition) is 0. The van der Waals surface area contributed by atoms with E-state index in [-0.39, 0.29) is 5.91 Å². The first kappa shape index (κ1) is 21.1. The molecule has 2 aromatic carbocycles. The second kappa shape index (κ2) is 8.63. The Bertz CT molecular complexity index is 883. The van der Waals surface area contributed by atoms with Crippen molar-refractivity contribution in [3.8, 4) is 5.75 Å². The highest BCUT2D eigenvalue weighted by Gasteiger charge is 2.30. The van der Waals surface area contributed by atoms with Crippen LogP contribution in [0.5, 0.6) is 5.75 Å². The molecule has 146 valence electrons. The molecule has 1 unspecified atom stereocenters. The number of sulfonamides is 1. The second-order valence-electron chi connectivity index (χ2n) is 6.25. The first-order chi connectivity index (χ1) is 12.6. The predicted molar refractivity (Wildman–Crippen MR) is 108 cm³/mol. The topological polar surface area (TPSA) is 66.9 Å². The summed E-state index contributed by atoms with van der Waals surface area (Å²) < 4.78 is 30.9. The van der Waals surface area contributed by atoms with Gasteiger partial charge in [-0.2, -0.15) is 0 Å². The third-order valence-electron chi connectivity index (χ3n) is 4.10. The van der Waals surface area contributed by atoms with E-state index in [0.29, 0.717) is 17.3 Å². The summed E-state index contributed by atoms with van der Waals surface area (Å²) in [6, 6.07) is 12.8. The molecule has 8 heteroatoms. The maximum Gasteiger partial charge on any atom is 0.246 e. The third-order valence-corrected chi connectivity index (χ3v) is 5.60. The van der Waals surface area contributed by atoms with E-state index in [1.54, 1.807) is 45.3 Å². The number of amides is 1. The molecule has 0 heterocycles. The summed E-state index contributed by atoms with van der Waals surface area (Å²) in [4.78, 5) is 14.4. The van der Waals surface area contributed by atoms with Crippen LogP contribution in [0.4, 0.5) is 5.69 Å². The number of carbonyl (C=O) groups is 1. The maximum atomic E-state index is 12.9. The lowest BCUT2D eigenvalue weighted by Gasteiger charge is -2.31. The number of halogens is 1. The molecule has 6 nitrogen and oxygen atoms in total. The van der Waals surface area contributed by atoms with Crippen molar-refractivity contribution in [3.63, 3.8) is 0 Å². The normalized spacial score (nSPS) is 12.3. The van der Waals surface area contributed by atoms with Gasteiger partial charge in [-0.05, 0) is 48.9 Å². The summed E-state index contributed by atoms with van der Waals surface area (Å²) >= 11 is 5.88. The number of ether oxygens (including phenoxy) is 1. The highest BCUT2D eigenvalue weighted by molar-refractivity contribution is 7.92. The Morgan fingerprint density at radius 1 is 1.11 bits per heavy atom. The first-order valence-electron chi connectivity index (χ1n) is 8.26. The zero-order valence-electron chi connectivity index (χ0n) is 15.7. The minimum atomic E-state index is -3.66. The highest BCUT2D eigenvalue weighted by atomic mass is 35.5. The number of hydrogen-bond acceptors (Lipinski definition) is 4. The van der Waals surface area contributed by atoms with Crippen LogP contribution in [0, 0.1) is 0 Å². The van der Waals surface area contributed by atoms with E-state index in [0.717, 1.165) is 21.9 Å². The number of benzene rings is 2. The van der Waals surface area contributed by atoms with Crippen LogP contribution in [-0.2, 0) is 21.4 Å². The molecule has 0 N–H and O–H groups in total. The molecule has 0 aliphatic heterocycles. The lowest BCUT2D eigenvalue weighted by Crippen LogP contribution is -2.48. The average molecular weight is 411 g/mol. The van der Waals surface area contributed by atoms with Gasteiger partial charge in [0.15, 0.2) is 0 Å². The van der Waals surface area contributed by atoms with E-state index < -0.39 is 16.1 Å². The van der Waals surface area contributed by atoms with Gasteiger partial charge in [-0.25, -0.2) is 8.42 Å². The summed E-state index contributed by atoms with van der Waals surface area (Å²) in [5.41, 5.74) is 1.30. The fourth-order valence-corrected chi connectivity index (χ4v) is 4.09. The summed E-state index contributed by atoms with van der Waals surface area (Å²) in [5.74, 6) is 0.415. The van der Waals surface area contributed by atoms with Crippen molar-refractivity contribution in [2.45, 2.75) is 19.5 Å². The standard InChI is InChI=1S/C19H23ClN2O4S/c1-14(22(27(4,24)25)17-9-7-16(20)8-10-17)19(23)21(2)13-15-5-11-18(26-3)12-6-15/h5-12,14H,13H2,1-4H3. The Balaban J connectivity index is 2.21. The number of anilines is 1. The molecule has 2 aromatic rings. The van der Waals surface area contributed by atoms with Gasteiger partial charge in [0, 0.05) is 18.6 Å². The van der Waals surface area contributed by atoms with Crippen molar-refractivity contribution in [1.82, 2.24) is 4.90 Å². The van der Waals surface area contributed by atoms with Gasteiger partial charge in [0.2, 0.25) is 15.9 Å². The molecular weight excluding hydrogens is 388 g/mol. The number of carbonyl (C=O) groups excluding carboxylic acids is 1. The van der Waals surface area contributed by atoms with E-state index in [9.17, 15) is 13.2 Å². The van der Waals surface area contributed by atoms with E-state index in [2.05, 4.69) is 0 Å². The number of methoxy groups -OCH3 is 1. The second-order valence-corrected chi connectivity index (χ2v) is 8.55. The molecular formula is C19H23ClN2O4S. The molecule has 0 aromatic heterocycles. The van der Waals surface area contributed by atoms with Gasteiger partial charge < -0.3 is 9.64 Å². The molecule has 0 radical (unpaired) electrons. The van der Waals surface area contributed by atoms with Crippen LogP contribution in [0.25, 0.3) is 0 Å². The van der Waals surface area contributed by atoms with Crippen molar-refractivity contribution in [1.29, 1.82) is 0 Å². The molecule has 0 saturated heterocycles. The van der Waals surface area contributed by atoms with Crippen molar-refractivity contribution in [2.24, 2.45) is 0 Å². The number of rotatable bonds is 7. The predicted octanol–water partition coefficient (Wildman–Crippen LogP) is 3.16. The fourth-order valence-electron chi connectivity index (χ4n) is 2.79. The highest BCUT2D eigenvalue weighted by Crippen LogP contribution is 2.24. The Labute approximate surface area is 165 Å². The molecule has 0 saturated carbocycles. The lowest BCUT2D eigenvalue weighted by molar-refractivity contribution is -0.131.